The highest BCUT2D eigenvalue weighted by Gasteiger charge is 2.38. The van der Waals surface area contributed by atoms with Crippen molar-refractivity contribution < 1.29 is 0 Å². The Kier molecular flexibility index (Phi) is 1.72. The van der Waals surface area contributed by atoms with Gasteiger partial charge in [0.05, 0.1) is 6.04 Å². The van der Waals surface area contributed by atoms with Crippen molar-refractivity contribution in [2.75, 3.05) is 0 Å². The molecule has 0 amide bonds. The van der Waals surface area contributed by atoms with E-state index in [1.165, 1.54) is 31.3 Å². The van der Waals surface area contributed by atoms with Crippen LogP contribution in [0.4, 0.5) is 0 Å². The molecule has 3 heteroatoms. The number of aromatic nitrogens is 3. The van der Waals surface area contributed by atoms with Gasteiger partial charge >= 0.3 is 0 Å². The van der Waals surface area contributed by atoms with Gasteiger partial charge in [0.2, 0.25) is 0 Å². The van der Waals surface area contributed by atoms with Crippen molar-refractivity contribution in [3.8, 4) is 0 Å². The Hall–Kier alpha value is -1.12. The highest BCUT2D eigenvalue weighted by Crippen LogP contribution is 2.47. The predicted molar refractivity (Wildman–Crippen MR) is 54.7 cm³/mol. The molecule has 0 saturated heterocycles. The molecule has 0 bridgehead atoms. The lowest BCUT2D eigenvalue weighted by Gasteiger charge is -2.25. The van der Waals surface area contributed by atoms with Gasteiger partial charge in [-0.05, 0) is 25.3 Å². The largest absolute Gasteiger partial charge is 0.242 e. The molecule has 1 aliphatic heterocycles. The summed E-state index contributed by atoms with van der Waals surface area (Å²) in [6, 6.07) is 0.604. The van der Waals surface area contributed by atoms with Crippen molar-refractivity contribution in [2.24, 2.45) is 5.92 Å². The maximum Gasteiger partial charge on any atom is 0.154 e. The summed E-state index contributed by atoms with van der Waals surface area (Å²) >= 11 is 0. The molecular formula is C11H15N3. The minimum Gasteiger partial charge on any atom is -0.242 e. The summed E-state index contributed by atoms with van der Waals surface area (Å²) in [6.07, 6.45) is 9.20. The average molecular weight is 189 g/mol. The third-order valence-electron chi connectivity index (χ3n) is 3.59. The molecule has 2 unspecified atom stereocenters. The molecule has 2 atom stereocenters. The molecule has 3 nitrogen and oxygen atoms in total. The number of fused-ring (bicyclic) bond motifs is 3. The van der Waals surface area contributed by atoms with Crippen molar-refractivity contribution in [1.82, 2.24) is 14.8 Å². The van der Waals surface area contributed by atoms with Gasteiger partial charge < -0.3 is 0 Å². The first-order valence-corrected chi connectivity index (χ1v) is 5.48. The maximum atomic E-state index is 4.36. The summed E-state index contributed by atoms with van der Waals surface area (Å²) < 4.78 is 2.14. The van der Waals surface area contributed by atoms with E-state index in [4.69, 9.17) is 0 Å². The fourth-order valence-electron chi connectivity index (χ4n) is 2.98. The van der Waals surface area contributed by atoms with Crippen LogP contribution in [0.2, 0.25) is 0 Å². The summed E-state index contributed by atoms with van der Waals surface area (Å²) in [5.74, 6) is 1.81. The van der Waals surface area contributed by atoms with Crippen LogP contribution in [0.15, 0.2) is 12.4 Å². The van der Waals surface area contributed by atoms with Gasteiger partial charge in [-0.1, -0.05) is 18.9 Å². The number of hydrogen-bond donors (Lipinski definition) is 0. The fourth-order valence-corrected chi connectivity index (χ4v) is 2.98. The molecule has 2 aliphatic rings. The third kappa shape index (κ3) is 0.925. The van der Waals surface area contributed by atoms with Crippen LogP contribution in [0.5, 0.6) is 0 Å². The summed E-state index contributed by atoms with van der Waals surface area (Å²) in [5, 5.41) is 4.34. The Balaban J connectivity index is 2.10. The molecule has 1 aliphatic carbocycles. The minimum atomic E-state index is 0.604. The lowest BCUT2D eigenvalue weighted by atomic mass is 9.82. The van der Waals surface area contributed by atoms with Crippen molar-refractivity contribution in [3.63, 3.8) is 0 Å². The van der Waals surface area contributed by atoms with E-state index in [1.54, 1.807) is 6.33 Å². The number of allylic oxidation sites excluding steroid dienone is 2. The Labute approximate surface area is 83.8 Å². The Bertz CT molecular complexity index is 378. The van der Waals surface area contributed by atoms with Crippen LogP contribution in [-0.2, 0) is 0 Å². The summed E-state index contributed by atoms with van der Waals surface area (Å²) in [5.41, 5.74) is 1.42. The van der Waals surface area contributed by atoms with Gasteiger partial charge in [0.25, 0.3) is 0 Å². The van der Waals surface area contributed by atoms with Gasteiger partial charge in [0.1, 0.15) is 6.33 Å². The normalized spacial score (nSPS) is 33.1. The quantitative estimate of drug-likeness (QED) is 0.627. The van der Waals surface area contributed by atoms with Gasteiger partial charge in [0.15, 0.2) is 5.82 Å². The molecule has 1 saturated carbocycles. The molecule has 0 radical (unpaired) electrons. The Morgan fingerprint density at radius 3 is 3.14 bits per heavy atom. The molecule has 1 aromatic heterocycles. The van der Waals surface area contributed by atoms with E-state index >= 15 is 0 Å². The van der Waals surface area contributed by atoms with Crippen LogP contribution in [0.25, 0.3) is 5.57 Å². The van der Waals surface area contributed by atoms with E-state index in [1.807, 2.05) is 0 Å². The average Bonchev–Trinajstić information content (AvgIpc) is 2.77. The second kappa shape index (κ2) is 2.94. The van der Waals surface area contributed by atoms with Crippen LogP contribution < -0.4 is 0 Å². The zero-order valence-electron chi connectivity index (χ0n) is 8.48. The molecular weight excluding hydrogens is 174 g/mol. The maximum absolute atomic E-state index is 4.36. The van der Waals surface area contributed by atoms with Crippen molar-refractivity contribution in [3.05, 3.63) is 18.2 Å². The van der Waals surface area contributed by atoms with Gasteiger partial charge in [-0.3, -0.25) is 0 Å². The highest BCUT2D eigenvalue weighted by atomic mass is 15.4. The highest BCUT2D eigenvalue weighted by molar-refractivity contribution is 5.65. The monoisotopic (exact) mass is 189 g/mol. The van der Waals surface area contributed by atoms with Crippen LogP contribution in [-0.4, -0.2) is 14.8 Å². The molecule has 0 spiro atoms. The van der Waals surface area contributed by atoms with Gasteiger partial charge in [-0.25, -0.2) is 9.67 Å². The summed E-state index contributed by atoms with van der Waals surface area (Å²) in [7, 11) is 0. The molecule has 2 heterocycles. The zero-order valence-corrected chi connectivity index (χ0v) is 8.48. The molecule has 1 aromatic rings. The third-order valence-corrected chi connectivity index (χ3v) is 3.59. The molecule has 74 valence electrons. The van der Waals surface area contributed by atoms with Crippen molar-refractivity contribution in [1.29, 1.82) is 0 Å². The second-order valence-corrected chi connectivity index (χ2v) is 4.23. The Morgan fingerprint density at radius 1 is 1.43 bits per heavy atom. The minimum absolute atomic E-state index is 0.604. The van der Waals surface area contributed by atoms with E-state index in [2.05, 4.69) is 27.8 Å². The Morgan fingerprint density at radius 2 is 2.29 bits per heavy atom. The van der Waals surface area contributed by atoms with Gasteiger partial charge in [-0.15, -0.1) is 0 Å². The summed E-state index contributed by atoms with van der Waals surface area (Å²) in [4.78, 5) is 4.36. The van der Waals surface area contributed by atoms with Gasteiger partial charge in [0, 0.05) is 5.92 Å². The first-order chi connectivity index (χ1) is 6.92. The van der Waals surface area contributed by atoms with E-state index in [9.17, 15) is 0 Å². The molecule has 0 aromatic carbocycles. The lowest BCUT2D eigenvalue weighted by molar-refractivity contribution is 0.295. The molecule has 14 heavy (non-hydrogen) atoms. The van der Waals surface area contributed by atoms with E-state index in [0.29, 0.717) is 12.0 Å². The zero-order chi connectivity index (χ0) is 9.54. The number of nitrogens with zero attached hydrogens (tertiary/aromatic N) is 3. The van der Waals surface area contributed by atoms with Crippen LogP contribution in [0.1, 0.15) is 44.5 Å². The van der Waals surface area contributed by atoms with Crippen molar-refractivity contribution in [2.45, 2.75) is 38.6 Å². The van der Waals surface area contributed by atoms with Crippen LogP contribution in [0, 0.1) is 5.92 Å². The fraction of sp³-hybridized carbons (Fsp3) is 0.636. The number of hydrogen-bond acceptors (Lipinski definition) is 2. The smallest absolute Gasteiger partial charge is 0.154 e. The molecule has 3 rings (SSSR count). The topological polar surface area (TPSA) is 30.7 Å². The molecule has 1 fully saturated rings. The van der Waals surface area contributed by atoms with E-state index < -0.39 is 0 Å². The van der Waals surface area contributed by atoms with E-state index in [-0.39, 0.29) is 0 Å². The van der Waals surface area contributed by atoms with Crippen LogP contribution >= 0.6 is 0 Å². The SMILES string of the molecule is C/C=C1/c2ncnn2C2CCCCC12. The standard InChI is InChI=1S/C11H15N3/c1-2-8-9-5-3-4-6-10(9)14-11(8)12-7-13-14/h2,7,9-10H,3-6H2,1H3/b8-2+. The number of rotatable bonds is 0. The lowest BCUT2D eigenvalue weighted by Crippen LogP contribution is -2.17. The first-order valence-electron chi connectivity index (χ1n) is 5.48. The second-order valence-electron chi connectivity index (χ2n) is 4.23. The van der Waals surface area contributed by atoms with Crippen molar-refractivity contribution >= 4 is 5.57 Å². The van der Waals surface area contributed by atoms with Crippen LogP contribution in [0.3, 0.4) is 0 Å². The molecule has 0 N–H and O–H groups in total. The predicted octanol–water partition coefficient (Wildman–Crippen LogP) is 2.43. The summed E-state index contributed by atoms with van der Waals surface area (Å²) in [6.45, 7) is 2.12. The van der Waals surface area contributed by atoms with Gasteiger partial charge in [-0.2, -0.15) is 5.10 Å². The first kappa shape index (κ1) is 8.21. The van der Waals surface area contributed by atoms with E-state index in [0.717, 1.165) is 5.82 Å².